The third kappa shape index (κ3) is 5.05. The van der Waals surface area contributed by atoms with Gasteiger partial charge in [0.2, 0.25) is 6.79 Å². The van der Waals surface area contributed by atoms with Crippen LogP contribution in [0.2, 0.25) is 0 Å². The number of benzene rings is 1. The van der Waals surface area contributed by atoms with Crippen molar-refractivity contribution in [3.8, 4) is 23.6 Å². The molecule has 2 fully saturated rings. The van der Waals surface area contributed by atoms with Crippen LogP contribution < -0.4 is 24.8 Å². The number of pyridine rings is 2. The zero-order valence-corrected chi connectivity index (χ0v) is 23.5. The van der Waals surface area contributed by atoms with Crippen molar-refractivity contribution in [1.82, 2.24) is 9.55 Å². The van der Waals surface area contributed by atoms with E-state index in [4.69, 9.17) is 14.2 Å². The fourth-order valence-corrected chi connectivity index (χ4v) is 6.60. The van der Waals surface area contributed by atoms with Crippen LogP contribution in [0.3, 0.4) is 0 Å². The Kier molecular flexibility index (Phi) is 7.42. The average Bonchev–Trinajstić information content (AvgIpc) is 3.49. The van der Waals surface area contributed by atoms with Crippen molar-refractivity contribution in [2.24, 2.45) is 13.0 Å². The van der Waals surface area contributed by atoms with Gasteiger partial charge in [-0.2, -0.15) is 10.5 Å². The van der Waals surface area contributed by atoms with Gasteiger partial charge in [0.1, 0.15) is 28.9 Å². The Labute approximate surface area is 239 Å². The van der Waals surface area contributed by atoms with Gasteiger partial charge in [-0.05, 0) is 68.7 Å². The van der Waals surface area contributed by atoms with E-state index in [0.29, 0.717) is 28.7 Å². The number of aryl methyl sites for hydroxylation is 1. The van der Waals surface area contributed by atoms with E-state index in [-0.39, 0.29) is 29.7 Å². The lowest BCUT2D eigenvalue weighted by Gasteiger charge is -2.43. The van der Waals surface area contributed by atoms with Crippen molar-refractivity contribution >= 4 is 22.4 Å². The maximum absolute atomic E-state index is 13.1. The summed E-state index contributed by atoms with van der Waals surface area (Å²) in [4.78, 5) is 22.2. The molecule has 3 aromatic rings. The summed E-state index contributed by atoms with van der Waals surface area (Å²) in [6, 6.07) is 14.2. The van der Waals surface area contributed by atoms with Crippen molar-refractivity contribution in [2.75, 3.05) is 43.4 Å². The van der Waals surface area contributed by atoms with E-state index < -0.39 is 0 Å². The van der Waals surface area contributed by atoms with Crippen molar-refractivity contribution < 1.29 is 14.2 Å². The molecule has 0 spiro atoms. The fourth-order valence-electron chi connectivity index (χ4n) is 6.60. The number of aromatic nitrogens is 2. The summed E-state index contributed by atoms with van der Waals surface area (Å²) in [5, 5.41) is 19.5. The molecule has 10 heteroatoms. The summed E-state index contributed by atoms with van der Waals surface area (Å²) < 4.78 is 18.5. The molecule has 1 aromatic carbocycles. The smallest absolute Gasteiger partial charge is 0.270 e. The van der Waals surface area contributed by atoms with E-state index >= 15 is 0 Å². The third-order valence-electron chi connectivity index (χ3n) is 8.85. The van der Waals surface area contributed by atoms with Gasteiger partial charge in [0.25, 0.3) is 5.56 Å². The SMILES string of the molecule is Cn1c(=O)c(C#N)c(N(C)[C@H]2CC[C@@H](N(C[C@@H]3CCCOC3)c3ccc4c(c3)OCO4)CC2)c2nc(C#N)ccc21. The van der Waals surface area contributed by atoms with Crippen LogP contribution in [0.5, 0.6) is 11.5 Å². The van der Waals surface area contributed by atoms with E-state index in [0.717, 1.165) is 75.5 Å². The molecule has 0 N–H and O–H groups in total. The minimum absolute atomic E-state index is 0.0616. The number of fused-ring (bicyclic) bond motifs is 2. The molecule has 212 valence electrons. The highest BCUT2D eigenvalue weighted by atomic mass is 16.7. The standard InChI is InChI=1S/C31H34N6O4/c1-35(30-25(16-33)31(38)36(2)26-11-5-21(15-32)34-29(26)30)22-6-8-23(9-7-22)37(17-20-4-3-13-39-18-20)24-10-12-27-28(14-24)41-19-40-27/h5,10-12,14,20,22-23H,3-4,6-9,13,17-19H2,1-2H3/t20-,22-,23+/m0/s1. The highest BCUT2D eigenvalue weighted by Gasteiger charge is 2.33. The molecular weight excluding hydrogens is 520 g/mol. The maximum Gasteiger partial charge on any atom is 0.270 e. The average molecular weight is 555 g/mol. The van der Waals surface area contributed by atoms with Crippen LogP contribution in [0.15, 0.2) is 35.1 Å². The molecule has 0 unspecified atom stereocenters. The van der Waals surface area contributed by atoms with E-state index in [9.17, 15) is 15.3 Å². The van der Waals surface area contributed by atoms with Crippen LogP contribution in [0.1, 0.15) is 49.8 Å². The van der Waals surface area contributed by atoms with Crippen LogP contribution in [0.25, 0.3) is 11.0 Å². The molecule has 0 radical (unpaired) electrons. The summed E-state index contributed by atoms with van der Waals surface area (Å²) >= 11 is 0. The van der Waals surface area contributed by atoms with Gasteiger partial charge < -0.3 is 28.6 Å². The Morgan fingerprint density at radius 1 is 1.02 bits per heavy atom. The van der Waals surface area contributed by atoms with Gasteiger partial charge in [0.15, 0.2) is 11.5 Å². The highest BCUT2D eigenvalue weighted by molar-refractivity contribution is 5.92. The molecule has 41 heavy (non-hydrogen) atoms. The highest BCUT2D eigenvalue weighted by Crippen LogP contribution is 2.39. The number of hydrogen-bond donors (Lipinski definition) is 0. The van der Waals surface area contributed by atoms with Crippen LogP contribution in [0.4, 0.5) is 11.4 Å². The van der Waals surface area contributed by atoms with Gasteiger partial charge in [-0.15, -0.1) is 0 Å². The predicted molar refractivity (Wildman–Crippen MR) is 154 cm³/mol. The zero-order valence-electron chi connectivity index (χ0n) is 23.5. The van der Waals surface area contributed by atoms with Gasteiger partial charge in [-0.3, -0.25) is 4.79 Å². The lowest BCUT2D eigenvalue weighted by Crippen LogP contribution is -2.46. The second-order valence-corrected chi connectivity index (χ2v) is 11.2. The third-order valence-corrected chi connectivity index (χ3v) is 8.85. The van der Waals surface area contributed by atoms with E-state index in [1.54, 1.807) is 19.2 Å². The maximum atomic E-state index is 13.1. The van der Waals surface area contributed by atoms with Gasteiger partial charge in [-0.1, -0.05) is 0 Å². The summed E-state index contributed by atoms with van der Waals surface area (Å²) in [7, 11) is 3.58. The van der Waals surface area contributed by atoms with Crippen LogP contribution >= 0.6 is 0 Å². The minimum Gasteiger partial charge on any atom is -0.454 e. The normalized spacial score (nSPS) is 21.7. The van der Waals surface area contributed by atoms with Gasteiger partial charge in [0, 0.05) is 51.1 Å². The monoisotopic (exact) mass is 554 g/mol. The Bertz CT molecular complexity index is 1590. The largest absolute Gasteiger partial charge is 0.454 e. The number of nitrogens with zero attached hydrogens (tertiary/aromatic N) is 6. The van der Waals surface area contributed by atoms with Crippen LogP contribution in [0, 0.1) is 28.6 Å². The number of anilines is 2. The summed E-state index contributed by atoms with van der Waals surface area (Å²) in [6.45, 7) is 2.79. The Morgan fingerprint density at radius 3 is 2.54 bits per heavy atom. The molecule has 3 aliphatic rings. The van der Waals surface area contributed by atoms with E-state index in [2.05, 4.69) is 34.2 Å². The second kappa shape index (κ2) is 11.3. The van der Waals surface area contributed by atoms with E-state index in [1.165, 1.54) is 4.57 Å². The van der Waals surface area contributed by atoms with Crippen LogP contribution in [-0.2, 0) is 11.8 Å². The molecular formula is C31H34N6O4. The van der Waals surface area contributed by atoms with Crippen molar-refractivity contribution in [1.29, 1.82) is 10.5 Å². The number of hydrogen-bond acceptors (Lipinski definition) is 9. The Hall–Kier alpha value is -4.28. The first kappa shape index (κ1) is 26.9. The van der Waals surface area contributed by atoms with Gasteiger partial charge in [0.05, 0.1) is 17.8 Å². The van der Waals surface area contributed by atoms with Crippen molar-refractivity contribution in [3.05, 3.63) is 51.9 Å². The Balaban J connectivity index is 1.27. The topological polar surface area (TPSA) is 117 Å². The van der Waals surface area contributed by atoms with Crippen LogP contribution in [-0.4, -0.2) is 55.2 Å². The molecule has 6 rings (SSSR count). The first-order valence-corrected chi connectivity index (χ1v) is 14.3. The molecule has 0 bridgehead atoms. The summed E-state index contributed by atoms with van der Waals surface area (Å²) in [5.41, 5.74) is 2.72. The second-order valence-electron chi connectivity index (χ2n) is 11.2. The molecule has 4 heterocycles. The predicted octanol–water partition coefficient (Wildman–Crippen LogP) is 4.09. The minimum atomic E-state index is -0.356. The molecule has 1 saturated carbocycles. The van der Waals surface area contributed by atoms with Crippen molar-refractivity contribution in [3.63, 3.8) is 0 Å². The fraction of sp³-hybridized carbons (Fsp3) is 0.484. The Morgan fingerprint density at radius 2 is 1.80 bits per heavy atom. The molecule has 2 aliphatic heterocycles. The first-order chi connectivity index (χ1) is 20.0. The first-order valence-electron chi connectivity index (χ1n) is 14.3. The molecule has 1 aliphatic carbocycles. The van der Waals surface area contributed by atoms with E-state index in [1.807, 2.05) is 18.0 Å². The molecule has 10 nitrogen and oxygen atoms in total. The quantitative estimate of drug-likeness (QED) is 0.444. The molecule has 2 aromatic heterocycles. The number of nitriles is 2. The van der Waals surface area contributed by atoms with Crippen molar-refractivity contribution in [2.45, 2.75) is 50.6 Å². The lowest BCUT2D eigenvalue weighted by molar-refractivity contribution is 0.0562. The number of rotatable bonds is 6. The lowest BCUT2D eigenvalue weighted by atomic mass is 9.87. The molecule has 0 amide bonds. The molecule has 1 saturated heterocycles. The van der Waals surface area contributed by atoms with Gasteiger partial charge in [-0.25, -0.2) is 4.98 Å². The summed E-state index contributed by atoms with van der Waals surface area (Å²) in [5.74, 6) is 2.04. The molecule has 1 atom stereocenters. The number of ether oxygens (including phenoxy) is 3. The summed E-state index contributed by atoms with van der Waals surface area (Å²) in [6.07, 6.45) is 5.94. The van der Waals surface area contributed by atoms with Gasteiger partial charge >= 0.3 is 0 Å². The zero-order chi connectivity index (χ0) is 28.5.